The summed E-state index contributed by atoms with van der Waals surface area (Å²) < 4.78 is 0. The van der Waals surface area contributed by atoms with Crippen molar-refractivity contribution in [3.05, 3.63) is 71.5 Å². The number of likely N-dealkylation sites (tertiary alicyclic amines) is 1. The zero-order chi connectivity index (χ0) is 17.2. The van der Waals surface area contributed by atoms with Crippen molar-refractivity contribution >= 4 is 28.2 Å². The van der Waals surface area contributed by atoms with E-state index in [1.165, 1.54) is 11.3 Å². The lowest BCUT2D eigenvalue weighted by Crippen LogP contribution is -2.36. The van der Waals surface area contributed by atoms with Gasteiger partial charge in [0.05, 0.1) is 11.7 Å². The average Bonchev–Trinajstić information content (AvgIpc) is 3.05. The molecule has 0 radical (unpaired) electrons. The number of halogens is 1. The maximum absolute atomic E-state index is 6.09. The van der Waals surface area contributed by atoms with Crippen molar-refractivity contribution in [2.75, 3.05) is 11.9 Å². The molecule has 1 unspecified atom stereocenters. The highest BCUT2D eigenvalue weighted by molar-refractivity contribution is 6.30. The minimum absolute atomic E-state index is 0.410. The Bertz CT molecular complexity index is 901. The van der Waals surface area contributed by atoms with Crippen LogP contribution in [0.1, 0.15) is 18.4 Å². The molecule has 3 aromatic rings. The van der Waals surface area contributed by atoms with Gasteiger partial charge < -0.3 is 10.2 Å². The van der Waals surface area contributed by atoms with Gasteiger partial charge >= 0.3 is 0 Å². The standard InChI is InChI=1S/C20H21ClN4/c1-14-9-19(23-18-5-6-20-16(11-18)12-22-24-20)7-8-25(14)13-15-3-2-4-17(21)10-15/h2-6,10-12,19,23H,1,7-9,13H2,(H,22,24). The molecule has 4 rings (SSSR count). The summed E-state index contributed by atoms with van der Waals surface area (Å²) >= 11 is 6.09. The van der Waals surface area contributed by atoms with Crippen LogP contribution in [0.4, 0.5) is 5.69 Å². The van der Waals surface area contributed by atoms with E-state index in [1.54, 1.807) is 0 Å². The summed E-state index contributed by atoms with van der Waals surface area (Å²) in [5.74, 6) is 0. The summed E-state index contributed by atoms with van der Waals surface area (Å²) in [7, 11) is 0. The number of rotatable bonds is 4. The number of aromatic nitrogens is 2. The van der Waals surface area contributed by atoms with Gasteiger partial charge in [0.2, 0.25) is 0 Å². The highest BCUT2D eigenvalue weighted by Crippen LogP contribution is 2.26. The van der Waals surface area contributed by atoms with Crippen LogP contribution in [0.2, 0.25) is 5.02 Å². The fourth-order valence-electron chi connectivity index (χ4n) is 3.42. The maximum atomic E-state index is 6.09. The van der Waals surface area contributed by atoms with E-state index in [9.17, 15) is 0 Å². The fourth-order valence-corrected chi connectivity index (χ4v) is 3.64. The molecular formula is C20H21ClN4. The molecule has 1 saturated heterocycles. The van der Waals surface area contributed by atoms with Gasteiger partial charge in [-0.05, 0) is 42.3 Å². The van der Waals surface area contributed by atoms with E-state index in [1.807, 2.05) is 24.4 Å². The molecule has 1 aliphatic rings. The topological polar surface area (TPSA) is 44.0 Å². The lowest BCUT2D eigenvalue weighted by molar-refractivity contribution is 0.273. The normalized spacial score (nSPS) is 17.9. The number of piperidine rings is 1. The van der Waals surface area contributed by atoms with Crippen LogP contribution in [0.5, 0.6) is 0 Å². The quantitative estimate of drug-likeness (QED) is 0.708. The molecule has 0 amide bonds. The van der Waals surface area contributed by atoms with Crippen LogP contribution in [0.15, 0.2) is 60.9 Å². The van der Waals surface area contributed by atoms with E-state index in [4.69, 9.17) is 11.6 Å². The Labute approximate surface area is 152 Å². The molecule has 1 aromatic heterocycles. The molecule has 0 bridgehead atoms. The zero-order valence-electron chi connectivity index (χ0n) is 14.0. The summed E-state index contributed by atoms with van der Waals surface area (Å²) in [6.07, 6.45) is 3.89. The van der Waals surface area contributed by atoms with E-state index in [-0.39, 0.29) is 0 Å². The Balaban J connectivity index is 1.38. The number of hydrogen-bond acceptors (Lipinski definition) is 3. The number of nitrogens with one attached hydrogen (secondary N) is 2. The summed E-state index contributed by atoms with van der Waals surface area (Å²) in [6, 6.07) is 14.8. The Morgan fingerprint density at radius 3 is 3.04 bits per heavy atom. The van der Waals surface area contributed by atoms with Crippen molar-refractivity contribution in [2.45, 2.75) is 25.4 Å². The highest BCUT2D eigenvalue weighted by Gasteiger charge is 2.21. The predicted octanol–water partition coefficient (Wildman–Crippen LogP) is 4.81. The number of nitrogens with zero attached hydrogens (tertiary/aromatic N) is 2. The van der Waals surface area contributed by atoms with Gasteiger partial charge in [0, 0.05) is 47.3 Å². The molecule has 0 aliphatic carbocycles. The first-order valence-electron chi connectivity index (χ1n) is 8.54. The predicted molar refractivity (Wildman–Crippen MR) is 104 cm³/mol. The van der Waals surface area contributed by atoms with Gasteiger partial charge in [0.1, 0.15) is 0 Å². The third-order valence-electron chi connectivity index (χ3n) is 4.75. The van der Waals surface area contributed by atoms with Crippen LogP contribution in [0.25, 0.3) is 10.9 Å². The third kappa shape index (κ3) is 3.64. The summed E-state index contributed by atoms with van der Waals surface area (Å²) in [4.78, 5) is 2.35. The SMILES string of the molecule is C=C1CC(Nc2ccc3[nH]ncc3c2)CCN1Cc1cccc(Cl)c1. The van der Waals surface area contributed by atoms with Crippen LogP contribution in [-0.2, 0) is 6.54 Å². The van der Waals surface area contributed by atoms with Crippen LogP contribution in [0.3, 0.4) is 0 Å². The zero-order valence-corrected chi connectivity index (χ0v) is 14.8. The largest absolute Gasteiger partial charge is 0.382 e. The number of aromatic amines is 1. The molecule has 2 heterocycles. The maximum Gasteiger partial charge on any atom is 0.0651 e. The Morgan fingerprint density at radius 2 is 2.20 bits per heavy atom. The van der Waals surface area contributed by atoms with Gasteiger partial charge in [-0.3, -0.25) is 5.10 Å². The van der Waals surface area contributed by atoms with E-state index in [0.29, 0.717) is 6.04 Å². The van der Waals surface area contributed by atoms with Crippen molar-refractivity contribution in [3.8, 4) is 0 Å². The van der Waals surface area contributed by atoms with Gasteiger partial charge in [0.15, 0.2) is 0 Å². The molecule has 25 heavy (non-hydrogen) atoms. The van der Waals surface area contributed by atoms with Gasteiger partial charge in [-0.25, -0.2) is 0 Å². The number of benzene rings is 2. The summed E-state index contributed by atoms with van der Waals surface area (Å²) in [6.45, 7) is 6.15. The Hall–Kier alpha value is -2.46. The first-order valence-corrected chi connectivity index (χ1v) is 8.92. The van der Waals surface area contributed by atoms with Crippen LogP contribution in [-0.4, -0.2) is 27.7 Å². The van der Waals surface area contributed by atoms with Crippen molar-refractivity contribution in [1.29, 1.82) is 0 Å². The molecule has 128 valence electrons. The van der Waals surface area contributed by atoms with E-state index in [2.05, 4.69) is 51.3 Å². The van der Waals surface area contributed by atoms with Gasteiger partial charge in [-0.15, -0.1) is 0 Å². The second-order valence-corrected chi connectivity index (χ2v) is 7.06. The molecule has 4 nitrogen and oxygen atoms in total. The van der Waals surface area contributed by atoms with Gasteiger partial charge in [-0.1, -0.05) is 30.3 Å². The van der Waals surface area contributed by atoms with Crippen LogP contribution in [0, 0.1) is 0 Å². The number of H-pyrrole nitrogens is 1. The number of hydrogen-bond donors (Lipinski definition) is 2. The van der Waals surface area contributed by atoms with Crippen molar-refractivity contribution in [2.24, 2.45) is 0 Å². The lowest BCUT2D eigenvalue weighted by Gasteiger charge is -2.36. The molecule has 5 heteroatoms. The lowest BCUT2D eigenvalue weighted by atomic mass is 10.0. The average molecular weight is 353 g/mol. The van der Waals surface area contributed by atoms with Crippen molar-refractivity contribution in [3.63, 3.8) is 0 Å². The Kier molecular flexibility index (Phi) is 4.36. The van der Waals surface area contributed by atoms with Crippen molar-refractivity contribution in [1.82, 2.24) is 15.1 Å². The van der Waals surface area contributed by atoms with Crippen LogP contribution >= 0.6 is 11.6 Å². The summed E-state index contributed by atoms with van der Waals surface area (Å²) in [5, 5.41) is 12.6. The van der Waals surface area contributed by atoms with E-state index < -0.39 is 0 Å². The molecule has 1 atom stereocenters. The van der Waals surface area contributed by atoms with Gasteiger partial charge in [-0.2, -0.15) is 5.10 Å². The first-order chi connectivity index (χ1) is 12.2. The number of anilines is 1. The highest BCUT2D eigenvalue weighted by atomic mass is 35.5. The summed E-state index contributed by atoms with van der Waals surface area (Å²) in [5.41, 5.74) is 4.60. The second-order valence-electron chi connectivity index (χ2n) is 6.62. The molecular weight excluding hydrogens is 332 g/mol. The molecule has 0 saturated carbocycles. The molecule has 1 fully saturated rings. The third-order valence-corrected chi connectivity index (χ3v) is 4.99. The van der Waals surface area contributed by atoms with E-state index in [0.717, 1.165) is 47.5 Å². The Morgan fingerprint density at radius 1 is 1.28 bits per heavy atom. The first kappa shape index (κ1) is 16.0. The molecule has 2 N–H and O–H groups in total. The van der Waals surface area contributed by atoms with Crippen LogP contribution < -0.4 is 5.32 Å². The van der Waals surface area contributed by atoms with Crippen molar-refractivity contribution < 1.29 is 0 Å². The molecule has 0 spiro atoms. The van der Waals surface area contributed by atoms with E-state index >= 15 is 0 Å². The molecule has 1 aliphatic heterocycles. The number of fused-ring (bicyclic) bond motifs is 1. The second kappa shape index (κ2) is 6.81. The fraction of sp³-hybridized carbons (Fsp3) is 0.250. The monoisotopic (exact) mass is 352 g/mol. The smallest absolute Gasteiger partial charge is 0.0651 e. The molecule has 2 aromatic carbocycles. The minimum atomic E-state index is 0.410. The minimum Gasteiger partial charge on any atom is -0.382 e. The van der Waals surface area contributed by atoms with Gasteiger partial charge in [0.25, 0.3) is 0 Å².